The summed E-state index contributed by atoms with van der Waals surface area (Å²) in [4.78, 5) is 26.1. The number of aryl methyl sites for hydroxylation is 1. The van der Waals surface area contributed by atoms with Gasteiger partial charge < -0.3 is 14.4 Å². The third-order valence-electron chi connectivity index (χ3n) is 5.50. The minimum atomic E-state index is -0.440. The van der Waals surface area contributed by atoms with Crippen molar-refractivity contribution in [2.45, 2.75) is 45.4 Å². The molecule has 2 aliphatic heterocycles. The molecule has 0 aromatic heterocycles. The van der Waals surface area contributed by atoms with Gasteiger partial charge in [0, 0.05) is 20.0 Å². The van der Waals surface area contributed by atoms with Crippen molar-refractivity contribution in [1.82, 2.24) is 4.90 Å². The summed E-state index contributed by atoms with van der Waals surface area (Å²) >= 11 is 0. The van der Waals surface area contributed by atoms with Gasteiger partial charge >= 0.3 is 5.97 Å². The Bertz CT molecular complexity index is 620. The molecule has 3 rings (SSSR count). The number of amides is 1. The highest BCUT2D eigenvalue weighted by Crippen LogP contribution is 2.38. The van der Waals surface area contributed by atoms with Crippen LogP contribution >= 0.6 is 0 Å². The van der Waals surface area contributed by atoms with E-state index in [4.69, 9.17) is 9.47 Å². The van der Waals surface area contributed by atoms with Gasteiger partial charge in [0.2, 0.25) is 5.91 Å². The van der Waals surface area contributed by atoms with E-state index < -0.39 is 5.41 Å². The average Bonchev–Trinajstić information content (AvgIpc) is 2.62. The fraction of sp³-hybridized carbons (Fsp3) is 0.600. The van der Waals surface area contributed by atoms with Crippen molar-refractivity contribution in [2.75, 3.05) is 26.3 Å². The number of esters is 1. The lowest BCUT2D eigenvalue weighted by Gasteiger charge is -2.40. The third-order valence-corrected chi connectivity index (χ3v) is 5.50. The fourth-order valence-corrected chi connectivity index (χ4v) is 3.87. The molecule has 1 fully saturated rings. The number of hydrogen-bond donors (Lipinski definition) is 0. The van der Waals surface area contributed by atoms with Gasteiger partial charge in [-0.1, -0.05) is 24.6 Å². The molecule has 1 saturated heterocycles. The summed E-state index contributed by atoms with van der Waals surface area (Å²) in [5.74, 6) is 0.859. The fourth-order valence-electron chi connectivity index (χ4n) is 3.87. The largest absolute Gasteiger partial charge is 0.490 e. The zero-order chi connectivity index (χ0) is 17.7. The van der Waals surface area contributed by atoms with Crippen molar-refractivity contribution >= 4 is 11.9 Å². The Labute approximate surface area is 149 Å². The van der Waals surface area contributed by atoms with Gasteiger partial charge in [-0.3, -0.25) is 9.59 Å². The van der Waals surface area contributed by atoms with Crippen LogP contribution in [0.4, 0.5) is 0 Å². The van der Waals surface area contributed by atoms with Gasteiger partial charge in [-0.2, -0.15) is 0 Å². The standard InChI is InChI=1S/C20H27NO4/c1-16(22)21-12-10-20(11-13-21)9-5-4-7-17-6-2-3-8-18(17)24-14-15-25-19(20)23/h2-3,6,8H,4-5,7,9-15H2,1H3. The van der Waals surface area contributed by atoms with Crippen LogP contribution in [0.25, 0.3) is 0 Å². The normalized spacial score (nSPS) is 21.3. The van der Waals surface area contributed by atoms with Crippen molar-refractivity contribution in [3.05, 3.63) is 29.8 Å². The number of hydrogen-bond acceptors (Lipinski definition) is 4. The molecule has 1 aromatic rings. The number of ether oxygens (including phenoxy) is 2. The molecule has 0 N–H and O–H groups in total. The molecule has 0 aliphatic carbocycles. The molecule has 5 nitrogen and oxygen atoms in total. The highest BCUT2D eigenvalue weighted by molar-refractivity contribution is 5.78. The first kappa shape index (κ1) is 17.8. The molecular weight excluding hydrogens is 318 g/mol. The van der Waals surface area contributed by atoms with Gasteiger partial charge in [0.05, 0.1) is 5.41 Å². The van der Waals surface area contributed by atoms with Crippen LogP contribution in [-0.4, -0.2) is 43.1 Å². The molecule has 1 amide bonds. The lowest BCUT2D eigenvalue weighted by Crippen LogP contribution is -2.46. The number of benzene rings is 1. The van der Waals surface area contributed by atoms with Crippen LogP contribution in [0.1, 0.15) is 44.6 Å². The van der Waals surface area contributed by atoms with Gasteiger partial charge in [-0.25, -0.2) is 0 Å². The number of rotatable bonds is 0. The van der Waals surface area contributed by atoms with E-state index in [0.29, 0.717) is 32.5 Å². The summed E-state index contributed by atoms with van der Waals surface area (Å²) < 4.78 is 11.4. The maximum Gasteiger partial charge on any atom is 0.312 e. The summed E-state index contributed by atoms with van der Waals surface area (Å²) in [5.41, 5.74) is 0.778. The number of piperidine rings is 1. The van der Waals surface area contributed by atoms with Crippen molar-refractivity contribution < 1.29 is 19.1 Å². The number of cyclic esters (lactones) is 1. The summed E-state index contributed by atoms with van der Waals surface area (Å²) in [6.07, 6.45) is 5.18. The second-order valence-electron chi connectivity index (χ2n) is 7.09. The van der Waals surface area contributed by atoms with Gasteiger partial charge in [0.15, 0.2) is 0 Å². The Kier molecular flexibility index (Phi) is 5.61. The van der Waals surface area contributed by atoms with E-state index in [2.05, 4.69) is 6.07 Å². The van der Waals surface area contributed by atoms with E-state index in [1.807, 2.05) is 23.1 Å². The van der Waals surface area contributed by atoms with Crippen LogP contribution in [0.3, 0.4) is 0 Å². The number of nitrogens with zero attached hydrogens (tertiary/aromatic N) is 1. The SMILES string of the molecule is CC(=O)N1CCC2(CCCCc3ccccc3OCCOC2=O)CC1. The van der Waals surface area contributed by atoms with Crippen LogP contribution in [0, 0.1) is 5.41 Å². The number of carbonyl (C=O) groups excluding carboxylic acids is 2. The lowest BCUT2D eigenvalue weighted by molar-refractivity contribution is -0.162. The Balaban J connectivity index is 1.69. The minimum Gasteiger partial charge on any atom is -0.490 e. The predicted molar refractivity (Wildman–Crippen MR) is 94.4 cm³/mol. The number of likely N-dealkylation sites (tertiary alicyclic amines) is 1. The Morgan fingerprint density at radius 1 is 1.04 bits per heavy atom. The number of carbonyl (C=O) groups is 2. The van der Waals surface area contributed by atoms with Crippen LogP contribution in [0.5, 0.6) is 5.75 Å². The van der Waals surface area contributed by atoms with E-state index in [9.17, 15) is 9.59 Å². The molecule has 2 heterocycles. The second-order valence-corrected chi connectivity index (χ2v) is 7.09. The number of para-hydroxylation sites is 1. The maximum absolute atomic E-state index is 12.7. The summed E-state index contributed by atoms with van der Waals surface area (Å²) in [6.45, 7) is 3.52. The van der Waals surface area contributed by atoms with Crippen molar-refractivity contribution in [3.8, 4) is 5.75 Å². The van der Waals surface area contributed by atoms with Crippen LogP contribution < -0.4 is 4.74 Å². The van der Waals surface area contributed by atoms with Gasteiger partial charge in [-0.15, -0.1) is 0 Å². The molecule has 25 heavy (non-hydrogen) atoms. The second kappa shape index (κ2) is 7.89. The molecule has 1 spiro atoms. The van der Waals surface area contributed by atoms with Gasteiger partial charge in [-0.05, 0) is 43.7 Å². The summed E-state index contributed by atoms with van der Waals surface area (Å²) in [5, 5.41) is 0. The Morgan fingerprint density at radius 2 is 1.76 bits per heavy atom. The first-order valence-corrected chi connectivity index (χ1v) is 9.24. The van der Waals surface area contributed by atoms with Crippen molar-refractivity contribution in [3.63, 3.8) is 0 Å². The van der Waals surface area contributed by atoms with Crippen LogP contribution in [0.15, 0.2) is 24.3 Å². The molecule has 136 valence electrons. The Morgan fingerprint density at radius 3 is 2.52 bits per heavy atom. The zero-order valence-corrected chi connectivity index (χ0v) is 15.0. The first-order chi connectivity index (χ1) is 12.1. The molecule has 0 saturated carbocycles. The van der Waals surface area contributed by atoms with E-state index in [1.54, 1.807) is 6.92 Å². The van der Waals surface area contributed by atoms with E-state index in [1.165, 1.54) is 5.56 Å². The van der Waals surface area contributed by atoms with E-state index >= 15 is 0 Å². The molecule has 1 aromatic carbocycles. The monoisotopic (exact) mass is 345 g/mol. The lowest BCUT2D eigenvalue weighted by atomic mass is 9.74. The molecule has 0 unspecified atom stereocenters. The molecule has 2 aliphatic rings. The third kappa shape index (κ3) is 4.14. The first-order valence-electron chi connectivity index (χ1n) is 9.24. The van der Waals surface area contributed by atoms with Crippen molar-refractivity contribution in [2.24, 2.45) is 5.41 Å². The summed E-state index contributed by atoms with van der Waals surface area (Å²) in [7, 11) is 0. The molecule has 0 radical (unpaired) electrons. The molecule has 0 atom stereocenters. The summed E-state index contributed by atoms with van der Waals surface area (Å²) in [6, 6.07) is 8.08. The zero-order valence-electron chi connectivity index (χ0n) is 15.0. The molecule has 5 heteroatoms. The number of fused-ring (bicyclic) bond motifs is 1. The van der Waals surface area contributed by atoms with Gasteiger partial charge in [0.1, 0.15) is 19.0 Å². The highest BCUT2D eigenvalue weighted by atomic mass is 16.6. The smallest absolute Gasteiger partial charge is 0.312 e. The highest BCUT2D eigenvalue weighted by Gasteiger charge is 2.42. The van der Waals surface area contributed by atoms with Crippen molar-refractivity contribution in [1.29, 1.82) is 0 Å². The van der Waals surface area contributed by atoms with Crippen LogP contribution in [-0.2, 0) is 20.7 Å². The van der Waals surface area contributed by atoms with E-state index in [0.717, 1.165) is 31.4 Å². The average molecular weight is 345 g/mol. The quantitative estimate of drug-likeness (QED) is 0.679. The van der Waals surface area contributed by atoms with Crippen LogP contribution in [0.2, 0.25) is 0 Å². The predicted octanol–water partition coefficient (Wildman–Crippen LogP) is 2.96. The Hall–Kier alpha value is -2.04. The minimum absolute atomic E-state index is 0.0846. The van der Waals surface area contributed by atoms with E-state index in [-0.39, 0.29) is 18.5 Å². The molecular formula is C20H27NO4. The topological polar surface area (TPSA) is 55.8 Å². The maximum atomic E-state index is 12.7. The molecule has 0 bridgehead atoms. The van der Waals surface area contributed by atoms with Gasteiger partial charge in [0.25, 0.3) is 0 Å².